The molecule has 1 N–H and O–H groups in total. The number of hydrogen-bond donors (Lipinski definition) is 1. The van der Waals surface area contributed by atoms with Crippen LogP contribution in [0, 0.1) is 5.41 Å². The predicted octanol–water partition coefficient (Wildman–Crippen LogP) is 1.12. The van der Waals surface area contributed by atoms with E-state index in [-0.39, 0.29) is 11.5 Å². The second kappa shape index (κ2) is 5.15. The van der Waals surface area contributed by atoms with Gasteiger partial charge in [-0.25, -0.2) is 0 Å². The van der Waals surface area contributed by atoms with Crippen LogP contribution in [0.1, 0.15) is 27.2 Å². The molecule has 1 aliphatic heterocycles. The number of carboxylic acids is 1. The van der Waals surface area contributed by atoms with Crippen LogP contribution in [0.4, 0.5) is 0 Å². The van der Waals surface area contributed by atoms with E-state index in [1.54, 1.807) is 0 Å². The van der Waals surface area contributed by atoms with Crippen LogP contribution in [0.15, 0.2) is 0 Å². The average Bonchev–Trinajstić information content (AvgIpc) is 2.14. The average molecular weight is 228 g/mol. The lowest BCUT2D eigenvalue weighted by Crippen LogP contribution is -2.52. The molecule has 4 nitrogen and oxygen atoms in total. The van der Waals surface area contributed by atoms with Gasteiger partial charge >= 0.3 is 5.97 Å². The summed E-state index contributed by atoms with van der Waals surface area (Å²) in [5.41, 5.74) is 0.0619. The number of carboxylic acid groups (broad SMARTS) is 1. The highest BCUT2D eigenvalue weighted by Crippen LogP contribution is 2.24. The van der Waals surface area contributed by atoms with E-state index >= 15 is 0 Å². The number of rotatable bonds is 3. The molecule has 1 rings (SSSR count). The Kier molecular flexibility index (Phi) is 4.33. The summed E-state index contributed by atoms with van der Waals surface area (Å²) in [5, 5.41) is 9.30. The van der Waals surface area contributed by atoms with E-state index in [0.717, 1.165) is 26.2 Å². The van der Waals surface area contributed by atoms with Crippen molar-refractivity contribution in [2.45, 2.75) is 33.2 Å². The minimum Gasteiger partial charge on any atom is -0.480 e. The van der Waals surface area contributed by atoms with Crippen LogP contribution in [-0.2, 0) is 4.79 Å². The molecule has 1 unspecified atom stereocenters. The van der Waals surface area contributed by atoms with Gasteiger partial charge in [-0.1, -0.05) is 20.8 Å². The zero-order chi connectivity index (χ0) is 12.3. The predicted molar refractivity (Wildman–Crippen MR) is 64.6 cm³/mol. The van der Waals surface area contributed by atoms with Crippen LogP contribution < -0.4 is 0 Å². The maximum atomic E-state index is 11.3. The summed E-state index contributed by atoms with van der Waals surface area (Å²) in [7, 11) is 2.08. The van der Waals surface area contributed by atoms with Gasteiger partial charge in [0.05, 0.1) is 0 Å². The molecule has 1 atom stereocenters. The Bertz CT molecular complexity index is 240. The van der Waals surface area contributed by atoms with Gasteiger partial charge in [0.1, 0.15) is 6.04 Å². The van der Waals surface area contributed by atoms with Crippen molar-refractivity contribution in [1.82, 2.24) is 9.80 Å². The molecule has 16 heavy (non-hydrogen) atoms. The first-order valence-electron chi connectivity index (χ1n) is 5.95. The molecule has 1 heterocycles. The molecular formula is C12H24N2O2. The summed E-state index contributed by atoms with van der Waals surface area (Å²) in [6.45, 7) is 9.95. The van der Waals surface area contributed by atoms with Crippen molar-refractivity contribution in [2.75, 3.05) is 33.2 Å². The minimum atomic E-state index is -0.681. The third kappa shape index (κ3) is 4.10. The van der Waals surface area contributed by atoms with Crippen molar-refractivity contribution in [2.24, 2.45) is 5.41 Å². The molecule has 0 aromatic heterocycles. The Hall–Kier alpha value is -0.610. The van der Waals surface area contributed by atoms with E-state index < -0.39 is 5.97 Å². The Balaban J connectivity index is 2.60. The van der Waals surface area contributed by atoms with E-state index in [1.165, 1.54) is 0 Å². The molecular weight excluding hydrogens is 204 g/mol. The minimum absolute atomic E-state index is 0.0619. The van der Waals surface area contributed by atoms with Crippen molar-refractivity contribution in [3.63, 3.8) is 0 Å². The van der Waals surface area contributed by atoms with Gasteiger partial charge in [0.15, 0.2) is 0 Å². The second-order valence-corrected chi connectivity index (χ2v) is 5.96. The number of nitrogens with zero attached hydrogens (tertiary/aromatic N) is 2. The molecule has 0 amide bonds. The van der Waals surface area contributed by atoms with Gasteiger partial charge in [-0.05, 0) is 18.9 Å². The van der Waals surface area contributed by atoms with E-state index in [0.29, 0.717) is 6.42 Å². The smallest absolute Gasteiger partial charge is 0.320 e. The lowest BCUT2D eigenvalue weighted by atomic mass is 9.87. The van der Waals surface area contributed by atoms with Crippen molar-refractivity contribution in [3.8, 4) is 0 Å². The number of aliphatic carboxylic acids is 1. The highest BCUT2D eigenvalue weighted by Gasteiger charge is 2.31. The van der Waals surface area contributed by atoms with Gasteiger partial charge in [-0.2, -0.15) is 0 Å². The molecule has 1 saturated heterocycles. The third-order valence-corrected chi connectivity index (χ3v) is 3.07. The highest BCUT2D eigenvalue weighted by atomic mass is 16.4. The Morgan fingerprint density at radius 2 is 1.75 bits per heavy atom. The summed E-state index contributed by atoms with van der Waals surface area (Å²) < 4.78 is 0. The maximum absolute atomic E-state index is 11.3. The van der Waals surface area contributed by atoms with Crippen molar-refractivity contribution < 1.29 is 9.90 Å². The first-order chi connectivity index (χ1) is 7.29. The van der Waals surface area contributed by atoms with Crippen LogP contribution in [0.25, 0.3) is 0 Å². The fourth-order valence-corrected chi connectivity index (χ4v) is 2.09. The van der Waals surface area contributed by atoms with Crippen LogP contribution in [0.3, 0.4) is 0 Å². The molecule has 0 bridgehead atoms. The molecule has 1 fully saturated rings. The quantitative estimate of drug-likeness (QED) is 0.786. The highest BCUT2D eigenvalue weighted by molar-refractivity contribution is 5.73. The molecule has 0 saturated carbocycles. The van der Waals surface area contributed by atoms with Gasteiger partial charge in [-0.3, -0.25) is 9.69 Å². The topological polar surface area (TPSA) is 43.8 Å². The molecule has 4 heteroatoms. The third-order valence-electron chi connectivity index (χ3n) is 3.07. The van der Waals surface area contributed by atoms with Crippen LogP contribution >= 0.6 is 0 Å². The molecule has 94 valence electrons. The lowest BCUT2D eigenvalue weighted by Gasteiger charge is -2.38. The van der Waals surface area contributed by atoms with Gasteiger partial charge in [0.25, 0.3) is 0 Å². The monoisotopic (exact) mass is 228 g/mol. The number of piperazine rings is 1. The SMILES string of the molecule is CN1CCN(C(CC(C)(C)C)C(=O)O)CC1. The Morgan fingerprint density at radius 3 is 2.12 bits per heavy atom. The summed E-state index contributed by atoms with van der Waals surface area (Å²) >= 11 is 0. The van der Waals surface area contributed by atoms with Crippen molar-refractivity contribution in [1.29, 1.82) is 0 Å². The second-order valence-electron chi connectivity index (χ2n) is 5.96. The summed E-state index contributed by atoms with van der Waals surface area (Å²) in [6.07, 6.45) is 0.714. The fourth-order valence-electron chi connectivity index (χ4n) is 2.09. The first-order valence-corrected chi connectivity index (χ1v) is 5.95. The number of likely N-dealkylation sites (N-methyl/N-ethyl adjacent to an activating group) is 1. The number of carbonyl (C=O) groups is 1. The molecule has 0 radical (unpaired) electrons. The van der Waals surface area contributed by atoms with E-state index in [9.17, 15) is 9.90 Å². The largest absolute Gasteiger partial charge is 0.480 e. The van der Waals surface area contributed by atoms with E-state index in [2.05, 4.69) is 37.6 Å². The summed E-state index contributed by atoms with van der Waals surface area (Å²) in [6, 6.07) is -0.325. The number of hydrogen-bond acceptors (Lipinski definition) is 3. The standard InChI is InChI=1S/C12H24N2O2/c1-12(2,3)9-10(11(15)16)14-7-5-13(4)6-8-14/h10H,5-9H2,1-4H3,(H,15,16). The summed E-state index contributed by atoms with van der Waals surface area (Å²) in [5.74, 6) is -0.681. The molecule has 0 spiro atoms. The normalized spacial score (nSPS) is 22.0. The van der Waals surface area contributed by atoms with Gasteiger partial charge in [-0.15, -0.1) is 0 Å². The molecule has 0 aromatic carbocycles. The van der Waals surface area contributed by atoms with E-state index in [4.69, 9.17) is 0 Å². The Labute approximate surface area is 98.2 Å². The lowest BCUT2D eigenvalue weighted by molar-refractivity contribution is -0.145. The van der Waals surface area contributed by atoms with Crippen LogP contribution in [0.2, 0.25) is 0 Å². The van der Waals surface area contributed by atoms with Crippen LogP contribution in [-0.4, -0.2) is 60.1 Å². The zero-order valence-corrected chi connectivity index (χ0v) is 10.9. The maximum Gasteiger partial charge on any atom is 0.320 e. The van der Waals surface area contributed by atoms with Gasteiger partial charge in [0.2, 0.25) is 0 Å². The first kappa shape index (κ1) is 13.5. The van der Waals surface area contributed by atoms with E-state index in [1.807, 2.05) is 0 Å². The Morgan fingerprint density at radius 1 is 1.25 bits per heavy atom. The fraction of sp³-hybridized carbons (Fsp3) is 0.917. The van der Waals surface area contributed by atoms with Crippen molar-refractivity contribution in [3.05, 3.63) is 0 Å². The van der Waals surface area contributed by atoms with Crippen molar-refractivity contribution >= 4 is 5.97 Å². The van der Waals surface area contributed by atoms with Gasteiger partial charge < -0.3 is 10.0 Å². The van der Waals surface area contributed by atoms with Crippen LogP contribution in [0.5, 0.6) is 0 Å². The molecule has 1 aliphatic rings. The summed E-state index contributed by atoms with van der Waals surface area (Å²) in [4.78, 5) is 15.7. The zero-order valence-electron chi connectivity index (χ0n) is 10.9. The van der Waals surface area contributed by atoms with Gasteiger partial charge in [0, 0.05) is 26.2 Å². The molecule has 0 aromatic rings. The molecule has 0 aliphatic carbocycles.